The smallest absolute Gasteiger partial charge is 0.151 e. The third-order valence-electron chi connectivity index (χ3n) is 2.55. The molecule has 0 radical (unpaired) electrons. The lowest BCUT2D eigenvalue weighted by atomic mass is 10.2. The van der Waals surface area contributed by atoms with Crippen LogP contribution >= 0.6 is 0 Å². The summed E-state index contributed by atoms with van der Waals surface area (Å²) in [7, 11) is 0. The van der Waals surface area contributed by atoms with Crippen molar-refractivity contribution in [1.29, 1.82) is 0 Å². The Morgan fingerprint density at radius 3 is 2.10 bits per heavy atom. The van der Waals surface area contributed by atoms with Crippen LogP contribution in [0.15, 0.2) is 24.5 Å². The second-order valence-corrected chi connectivity index (χ2v) is 4.00. The number of aliphatic hydroxyl groups excluding tert-OH is 1. The van der Waals surface area contributed by atoms with Crippen LogP contribution < -0.4 is 0 Å². The second-order valence-electron chi connectivity index (χ2n) is 4.00. The van der Waals surface area contributed by atoms with Crippen molar-refractivity contribution in [3.05, 3.63) is 58.7 Å². The highest BCUT2D eigenvalue weighted by Crippen LogP contribution is 2.05. The zero-order valence-electron chi connectivity index (χ0n) is 11.1. The predicted octanol–water partition coefficient (Wildman–Crippen LogP) is 2.36. The molecule has 2 aromatic heterocycles. The Balaban J connectivity index is 0.000000200. The zero-order valence-corrected chi connectivity index (χ0v) is 11.1. The van der Waals surface area contributed by atoms with Crippen LogP contribution in [0.5, 0.6) is 0 Å². The molecule has 4 nitrogen and oxygen atoms in total. The molecule has 0 spiro atoms. The van der Waals surface area contributed by atoms with Gasteiger partial charge in [-0.2, -0.15) is 0 Å². The van der Waals surface area contributed by atoms with Gasteiger partial charge in [-0.3, -0.25) is 14.8 Å². The number of carbonyl (C=O) groups is 1. The summed E-state index contributed by atoms with van der Waals surface area (Å²) >= 11 is 0. The molecule has 0 aliphatic rings. The van der Waals surface area contributed by atoms with Crippen LogP contribution in [0.1, 0.15) is 27.3 Å². The molecule has 0 fully saturated rings. The summed E-state index contributed by atoms with van der Waals surface area (Å²) in [5.41, 5.74) is 2.07. The van der Waals surface area contributed by atoms with Crippen molar-refractivity contribution >= 4 is 6.29 Å². The van der Waals surface area contributed by atoms with Gasteiger partial charge >= 0.3 is 0 Å². The van der Waals surface area contributed by atoms with E-state index in [0.29, 0.717) is 28.8 Å². The Morgan fingerprint density at radius 2 is 1.65 bits per heavy atom. The van der Waals surface area contributed by atoms with Crippen LogP contribution in [0.3, 0.4) is 0 Å². The first-order valence-corrected chi connectivity index (χ1v) is 5.77. The maximum atomic E-state index is 12.4. The standard InChI is InChI=1S/C7H8FNO.C7H6FNO/c2*1-5-6(4-10)2-7(8)3-9-5/h2-3,10H,4H2,1H3;2-4H,1H3. The lowest BCUT2D eigenvalue weighted by molar-refractivity contribution is 0.112. The molecule has 0 bridgehead atoms. The Labute approximate surface area is 115 Å². The van der Waals surface area contributed by atoms with Crippen molar-refractivity contribution in [2.45, 2.75) is 20.5 Å². The van der Waals surface area contributed by atoms with Gasteiger partial charge in [0.1, 0.15) is 11.6 Å². The largest absolute Gasteiger partial charge is 0.392 e. The van der Waals surface area contributed by atoms with Gasteiger partial charge in [-0.05, 0) is 26.0 Å². The van der Waals surface area contributed by atoms with Gasteiger partial charge in [0.05, 0.1) is 19.0 Å². The average Bonchev–Trinajstić information content (AvgIpc) is 2.44. The molecule has 0 saturated heterocycles. The van der Waals surface area contributed by atoms with Crippen LogP contribution in [-0.2, 0) is 6.61 Å². The van der Waals surface area contributed by atoms with Crippen molar-refractivity contribution in [2.75, 3.05) is 0 Å². The second kappa shape index (κ2) is 7.40. The molecule has 0 amide bonds. The maximum absolute atomic E-state index is 12.4. The number of nitrogens with zero attached hydrogens (tertiary/aromatic N) is 2. The van der Waals surface area contributed by atoms with Crippen molar-refractivity contribution < 1.29 is 18.7 Å². The molecule has 0 atom stereocenters. The number of carbonyl (C=O) groups excluding carboxylic acids is 1. The summed E-state index contributed by atoms with van der Waals surface area (Å²) in [6, 6.07) is 2.44. The number of rotatable bonds is 2. The Kier molecular flexibility index (Phi) is 5.86. The highest BCUT2D eigenvalue weighted by molar-refractivity contribution is 5.75. The number of aryl methyl sites for hydroxylation is 2. The highest BCUT2D eigenvalue weighted by Gasteiger charge is 1.99. The molecule has 2 heterocycles. The molecule has 2 rings (SSSR count). The minimum atomic E-state index is -0.479. The first-order chi connectivity index (χ1) is 9.47. The van der Waals surface area contributed by atoms with Crippen LogP contribution in [0.4, 0.5) is 8.78 Å². The Bertz CT molecular complexity index is 604. The summed E-state index contributed by atoms with van der Waals surface area (Å²) in [5, 5.41) is 8.64. The first kappa shape index (κ1) is 15.8. The number of hydrogen-bond acceptors (Lipinski definition) is 4. The lowest BCUT2D eigenvalue weighted by Crippen LogP contribution is -1.92. The van der Waals surface area contributed by atoms with Gasteiger partial charge in [-0.1, -0.05) is 0 Å². The Morgan fingerprint density at radius 1 is 1.10 bits per heavy atom. The van der Waals surface area contributed by atoms with Gasteiger partial charge in [0, 0.05) is 22.5 Å². The fraction of sp³-hybridized carbons (Fsp3) is 0.214. The van der Waals surface area contributed by atoms with Crippen molar-refractivity contribution in [3.63, 3.8) is 0 Å². The van der Waals surface area contributed by atoms with Gasteiger partial charge in [-0.25, -0.2) is 8.78 Å². The van der Waals surface area contributed by atoms with Crippen molar-refractivity contribution in [2.24, 2.45) is 0 Å². The van der Waals surface area contributed by atoms with E-state index in [2.05, 4.69) is 9.97 Å². The summed E-state index contributed by atoms with van der Waals surface area (Å²) in [4.78, 5) is 17.5. The van der Waals surface area contributed by atoms with Crippen LogP contribution in [0.2, 0.25) is 0 Å². The van der Waals surface area contributed by atoms with E-state index in [4.69, 9.17) is 5.11 Å². The van der Waals surface area contributed by atoms with Crippen LogP contribution in [0.25, 0.3) is 0 Å². The number of pyridine rings is 2. The summed E-state index contributed by atoms with van der Waals surface area (Å²) in [6.45, 7) is 3.23. The molecule has 0 aliphatic heterocycles. The molecule has 1 N–H and O–H groups in total. The SMILES string of the molecule is Cc1ncc(F)cc1C=O.Cc1ncc(F)cc1CO. The maximum Gasteiger partial charge on any atom is 0.151 e. The normalized spacial score (nSPS) is 9.65. The fourth-order valence-corrected chi connectivity index (χ4v) is 1.35. The number of aliphatic hydroxyl groups is 1. The zero-order chi connectivity index (χ0) is 15.1. The number of hydrogen-bond donors (Lipinski definition) is 1. The van der Waals surface area contributed by atoms with E-state index >= 15 is 0 Å². The topological polar surface area (TPSA) is 63.1 Å². The molecular formula is C14H14F2N2O2. The van der Waals surface area contributed by atoms with Crippen LogP contribution in [-0.4, -0.2) is 21.4 Å². The lowest BCUT2D eigenvalue weighted by Gasteiger charge is -1.98. The van der Waals surface area contributed by atoms with E-state index in [1.165, 1.54) is 6.07 Å². The van der Waals surface area contributed by atoms with Crippen molar-refractivity contribution in [1.82, 2.24) is 9.97 Å². The minimum Gasteiger partial charge on any atom is -0.392 e. The minimum absolute atomic E-state index is 0.156. The average molecular weight is 280 g/mol. The molecule has 6 heteroatoms. The molecule has 0 aromatic carbocycles. The van der Waals surface area contributed by atoms with Gasteiger partial charge in [0.2, 0.25) is 0 Å². The monoisotopic (exact) mass is 280 g/mol. The van der Waals surface area contributed by atoms with Gasteiger partial charge in [0.25, 0.3) is 0 Å². The van der Waals surface area contributed by atoms with Gasteiger partial charge in [-0.15, -0.1) is 0 Å². The summed E-state index contributed by atoms with van der Waals surface area (Å²) in [6.07, 6.45) is 2.81. The fourth-order valence-electron chi connectivity index (χ4n) is 1.35. The molecule has 0 unspecified atom stereocenters. The molecule has 0 aliphatic carbocycles. The van der Waals surface area contributed by atoms with Crippen molar-refractivity contribution in [3.8, 4) is 0 Å². The van der Waals surface area contributed by atoms with E-state index in [-0.39, 0.29) is 6.61 Å². The highest BCUT2D eigenvalue weighted by atomic mass is 19.1. The number of aromatic nitrogens is 2. The van der Waals surface area contributed by atoms with Gasteiger partial charge in [0.15, 0.2) is 6.29 Å². The van der Waals surface area contributed by atoms with E-state index in [1.807, 2.05) is 0 Å². The summed E-state index contributed by atoms with van der Waals surface area (Å²) in [5.74, 6) is -0.887. The number of aldehydes is 1. The van der Waals surface area contributed by atoms with E-state index in [9.17, 15) is 13.6 Å². The van der Waals surface area contributed by atoms with Crippen LogP contribution in [0, 0.1) is 25.5 Å². The first-order valence-electron chi connectivity index (χ1n) is 5.77. The molecule has 20 heavy (non-hydrogen) atoms. The quantitative estimate of drug-likeness (QED) is 0.858. The third-order valence-corrected chi connectivity index (χ3v) is 2.55. The number of halogens is 2. The molecule has 0 saturated carbocycles. The van der Waals surface area contributed by atoms with E-state index in [1.54, 1.807) is 13.8 Å². The van der Waals surface area contributed by atoms with E-state index in [0.717, 1.165) is 18.5 Å². The summed E-state index contributed by atoms with van der Waals surface area (Å²) < 4.78 is 24.7. The van der Waals surface area contributed by atoms with Gasteiger partial charge < -0.3 is 5.11 Å². The third kappa shape index (κ3) is 4.47. The molecule has 106 valence electrons. The predicted molar refractivity (Wildman–Crippen MR) is 69.2 cm³/mol. The molecular weight excluding hydrogens is 266 g/mol. The Hall–Kier alpha value is -2.21. The van der Waals surface area contributed by atoms with E-state index < -0.39 is 11.6 Å². The molecule has 2 aromatic rings.